The SMILES string of the molecule is COc1cc(/C=C(/C#N)C(=O)Nc2cccc(Cl)c2)ccc1OCc1ccc(Cl)cc1. The van der Waals surface area contributed by atoms with Gasteiger partial charge in [0.1, 0.15) is 18.2 Å². The van der Waals surface area contributed by atoms with Crippen molar-refractivity contribution >= 4 is 40.9 Å². The first-order chi connectivity index (χ1) is 15.0. The first-order valence-electron chi connectivity index (χ1n) is 9.22. The number of ether oxygens (including phenoxy) is 2. The van der Waals surface area contributed by atoms with Crippen LogP contribution in [0.2, 0.25) is 10.0 Å². The van der Waals surface area contributed by atoms with Crippen molar-refractivity contribution in [2.75, 3.05) is 12.4 Å². The number of halogens is 2. The Morgan fingerprint density at radius 1 is 1.03 bits per heavy atom. The zero-order chi connectivity index (χ0) is 22.2. The van der Waals surface area contributed by atoms with Gasteiger partial charge in [-0.25, -0.2) is 0 Å². The van der Waals surface area contributed by atoms with Crippen LogP contribution in [-0.4, -0.2) is 13.0 Å². The molecule has 5 nitrogen and oxygen atoms in total. The lowest BCUT2D eigenvalue weighted by Gasteiger charge is -2.12. The molecule has 0 heterocycles. The summed E-state index contributed by atoms with van der Waals surface area (Å²) < 4.78 is 11.2. The van der Waals surface area contributed by atoms with Gasteiger partial charge in [0.05, 0.1) is 7.11 Å². The molecule has 0 aliphatic heterocycles. The van der Waals surface area contributed by atoms with Crippen LogP contribution < -0.4 is 14.8 Å². The molecule has 0 fully saturated rings. The van der Waals surface area contributed by atoms with E-state index >= 15 is 0 Å². The van der Waals surface area contributed by atoms with E-state index in [2.05, 4.69) is 5.32 Å². The molecule has 1 amide bonds. The third-order valence-electron chi connectivity index (χ3n) is 4.25. The minimum Gasteiger partial charge on any atom is -0.493 e. The van der Waals surface area contributed by atoms with Crippen molar-refractivity contribution in [3.05, 3.63) is 93.5 Å². The Hall–Kier alpha value is -3.46. The zero-order valence-electron chi connectivity index (χ0n) is 16.6. The van der Waals surface area contributed by atoms with Crippen molar-refractivity contribution in [3.8, 4) is 17.6 Å². The molecule has 0 saturated heterocycles. The van der Waals surface area contributed by atoms with E-state index < -0.39 is 5.91 Å². The largest absolute Gasteiger partial charge is 0.493 e. The highest BCUT2D eigenvalue weighted by Crippen LogP contribution is 2.30. The Morgan fingerprint density at radius 3 is 2.48 bits per heavy atom. The molecule has 0 aliphatic carbocycles. The molecular formula is C24H18Cl2N2O3. The summed E-state index contributed by atoms with van der Waals surface area (Å²) in [6.07, 6.45) is 1.48. The van der Waals surface area contributed by atoms with Gasteiger partial charge in [0.15, 0.2) is 11.5 Å². The number of methoxy groups -OCH3 is 1. The fraction of sp³-hybridized carbons (Fsp3) is 0.0833. The molecule has 3 rings (SSSR count). The lowest BCUT2D eigenvalue weighted by molar-refractivity contribution is -0.112. The topological polar surface area (TPSA) is 71.3 Å². The smallest absolute Gasteiger partial charge is 0.266 e. The van der Waals surface area contributed by atoms with Crippen molar-refractivity contribution < 1.29 is 14.3 Å². The molecule has 0 spiro atoms. The van der Waals surface area contributed by atoms with Gasteiger partial charge in [-0.2, -0.15) is 5.26 Å². The average Bonchev–Trinajstić information content (AvgIpc) is 2.77. The highest BCUT2D eigenvalue weighted by atomic mass is 35.5. The maximum atomic E-state index is 12.5. The first-order valence-corrected chi connectivity index (χ1v) is 9.98. The number of amides is 1. The van der Waals surface area contributed by atoms with E-state index in [1.807, 2.05) is 18.2 Å². The first kappa shape index (κ1) is 22.2. The summed E-state index contributed by atoms with van der Waals surface area (Å²) in [5, 5.41) is 13.2. The van der Waals surface area contributed by atoms with Crippen LogP contribution in [-0.2, 0) is 11.4 Å². The van der Waals surface area contributed by atoms with E-state index in [-0.39, 0.29) is 5.57 Å². The molecule has 1 N–H and O–H groups in total. The van der Waals surface area contributed by atoms with Gasteiger partial charge in [-0.3, -0.25) is 4.79 Å². The molecule has 0 bridgehead atoms. The van der Waals surface area contributed by atoms with Gasteiger partial charge >= 0.3 is 0 Å². The highest BCUT2D eigenvalue weighted by Gasteiger charge is 2.12. The molecule has 0 aliphatic rings. The number of benzene rings is 3. The maximum absolute atomic E-state index is 12.5. The van der Waals surface area contributed by atoms with Crippen molar-refractivity contribution in [2.45, 2.75) is 6.61 Å². The monoisotopic (exact) mass is 452 g/mol. The zero-order valence-corrected chi connectivity index (χ0v) is 18.1. The van der Waals surface area contributed by atoms with Crippen LogP contribution in [0, 0.1) is 11.3 Å². The normalized spacial score (nSPS) is 10.8. The van der Waals surface area contributed by atoms with E-state index in [1.165, 1.54) is 13.2 Å². The summed E-state index contributed by atoms with van der Waals surface area (Å²) in [5.41, 5.74) is 2.02. The number of nitrogens with zero attached hydrogens (tertiary/aromatic N) is 1. The Kier molecular flexibility index (Phi) is 7.55. The van der Waals surface area contributed by atoms with Crippen LogP contribution in [0.5, 0.6) is 11.5 Å². The number of hydrogen-bond acceptors (Lipinski definition) is 4. The highest BCUT2D eigenvalue weighted by molar-refractivity contribution is 6.31. The average molecular weight is 453 g/mol. The van der Waals surface area contributed by atoms with E-state index in [9.17, 15) is 10.1 Å². The molecule has 0 radical (unpaired) electrons. The predicted octanol–water partition coefficient (Wildman–Crippen LogP) is 6.13. The van der Waals surface area contributed by atoms with Gasteiger partial charge in [0, 0.05) is 15.7 Å². The Morgan fingerprint density at radius 2 is 1.81 bits per heavy atom. The molecule has 3 aromatic rings. The van der Waals surface area contributed by atoms with Gasteiger partial charge in [0.2, 0.25) is 0 Å². The minimum atomic E-state index is -0.535. The van der Waals surface area contributed by atoms with Gasteiger partial charge in [-0.05, 0) is 59.7 Å². The second-order valence-electron chi connectivity index (χ2n) is 6.46. The maximum Gasteiger partial charge on any atom is 0.266 e. The summed E-state index contributed by atoms with van der Waals surface area (Å²) >= 11 is 11.8. The summed E-state index contributed by atoms with van der Waals surface area (Å²) in [6, 6.07) is 21.1. The van der Waals surface area contributed by atoms with E-state index in [1.54, 1.807) is 54.6 Å². The lowest BCUT2D eigenvalue weighted by atomic mass is 10.1. The number of nitrogens with one attached hydrogen (secondary N) is 1. The van der Waals surface area contributed by atoms with Crippen molar-refractivity contribution in [1.82, 2.24) is 0 Å². The molecule has 31 heavy (non-hydrogen) atoms. The summed E-state index contributed by atoms with van der Waals surface area (Å²) in [6.45, 7) is 0.341. The lowest BCUT2D eigenvalue weighted by Crippen LogP contribution is -2.13. The second-order valence-corrected chi connectivity index (χ2v) is 7.33. The van der Waals surface area contributed by atoms with E-state index in [4.69, 9.17) is 32.7 Å². The third-order valence-corrected chi connectivity index (χ3v) is 4.74. The Balaban J connectivity index is 1.74. The molecule has 0 atom stereocenters. The number of anilines is 1. The standard InChI is InChI=1S/C24H18Cl2N2O3/c1-30-23-12-17(7-10-22(23)31-15-16-5-8-19(25)9-6-16)11-18(14-27)24(29)28-21-4-2-3-20(26)13-21/h2-13H,15H2,1H3,(H,28,29)/b18-11-. The fourth-order valence-electron chi connectivity index (χ4n) is 2.71. The van der Waals surface area contributed by atoms with Crippen LogP contribution >= 0.6 is 23.2 Å². The van der Waals surface area contributed by atoms with E-state index in [0.717, 1.165) is 5.56 Å². The molecule has 0 aromatic heterocycles. The van der Waals surface area contributed by atoms with E-state index in [0.29, 0.717) is 39.4 Å². The number of nitriles is 1. The van der Waals surface area contributed by atoms with Crippen LogP contribution in [0.15, 0.2) is 72.3 Å². The minimum absolute atomic E-state index is 0.0585. The number of carbonyl (C=O) groups excluding carboxylic acids is 1. The molecule has 0 saturated carbocycles. The Bertz CT molecular complexity index is 1150. The van der Waals surface area contributed by atoms with Gasteiger partial charge in [-0.15, -0.1) is 0 Å². The molecule has 3 aromatic carbocycles. The quantitative estimate of drug-likeness (QED) is 0.345. The van der Waals surface area contributed by atoms with Crippen LogP contribution in [0.3, 0.4) is 0 Å². The van der Waals surface area contributed by atoms with Gasteiger partial charge in [0.25, 0.3) is 5.91 Å². The van der Waals surface area contributed by atoms with Crippen molar-refractivity contribution in [1.29, 1.82) is 5.26 Å². The van der Waals surface area contributed by atoms with Crippen molar-refractivity contribution in [2.24, 2.45) is 0 Å². The molecule has 0 unspecified atom stereocenters. The molecular weight excluding hydrogens is 435 g/mol. The fourth-order valence-corrected chi connectivity index (χ4v) is 3.03. The summed E-state index contributed by atoms with van der Waals surface area (Å²) in [4.78, 5) is 12.5. The summed E-state index contributed by atoms with van der Waals surface area (Å²) in [7, 11) is 1.52. The van der Waals surface area contributed by atoms with Crippen LogP contribution in [0.1, 0.15) is 11.1 Å². The molecule has 156 valence electrons. The van der Waals surface area contributed by atoms with Crippen LogP contribution in [0.25, 0.3) is 6.08 Å². The molecule has 7 heteroatoms. The number of carbonyl (C=O) groups is 1. The Labute approximate surface area is 190 Å². The van der Waals surface area contributed by atoms with Gasteiger partial charge in [-0.1, -0.05) is 47.5 Å². The van der Waals surface area contributed by atoms with Crippen molar-refractivity contribution in [3.63, 3.8) is 0 Å². The van der Waals surface area contributed by atoms with Gasteiger partial charge < -0.3 is 14.8 Å². The second kappa shape index (κ2) is 10.5. The summed E-state index contributed by atoms with van der Waals surface area (Å²) in [5.74, 6) is 0.485. The number of hydrogen-bond donors (Lipinski definition) is 1. The van der Waals surface area contributed by atoms with Crippen LogP contribution in [0.4, 0.5) is 5.69 Å². The number of rotatable bonds is 7. The third kappa shape index (κ3) is 6.26. The predicted molar refractivity (Wildman–Crippen MR) is 122 cm³/mol.